The Labute approximate surface area is 110 Å². The monoisotopic (exact) mass is 264 g/mol. The lowest BCUT2D eigenvalue weighted by atomic mass is 10.0. The van der Waals surface area contributed by atoms with Gasteiger partial charge in [0.15, 0.2) is 0 Å². The normalized spacial score (nSPS) is 12.2. The van der Waals surface area contributed by atoms with Gasteiger partial charge in [-0.05, 0) is 19.1 Å². The van der Waals surface area contributed by atoms with Gasteiger partial charge in [0, 0.05) is 4.88 Å². The van der Waals surface area contributed by atoms with Gasteiger partial charge < -0.3 is 15.2 Å². The van der Waals surface area contributed by atoms with Crippen LogP contribution in [-0.2, 0) is 0 Å². The molecule has 0 aliphatic rings. The molecule has 0 aliphatic heterocycles. The van der Waals surface area contributed by atoms with Crippen LogP contribution in [0, 0.1) is 6.92 Å². The summed E-state index contributed by atoms with van der Waals surface area (Å²) in [5.41, 5.74) is 9.92. The number of aromatic nitrogens is 1. The maximum Gasteiger partial charge on any atom is 0.127 e. The molecule has 2 N–H and O–H groups in total. The molecule has 0 saturated heterocycles. The predicted molar refractivity (Wildman–Crippen MR) is 72.4 cm³/mol. The maximum atomic E-state index is 6.32. The third kappa shape index (κ3) is 2.19. The second-order valence-corrected chi connectivity index (χ2v) is 4.74. The first kappa shape index (κ1) is 12.9. The van der Waals surface area contributed by atoms with Crippen LogP contribution >= 0.6 is 11.3 Å². The van der Waals surface area contributed by atoms with Crippen molar-refractivity contribution in [1.82, 2.24) is 4.98 Å². The Kier molecular flexibility index (Phi) is 3.84. The molecule has 1 unspecified atom stereocenters. The van der Waals surface area contributed by atoms with Gasteiger partial charge in [0.2, 0.25) is 0 Å². The Morgan fingerprint density at radius 2 is 1.83 bits per heavy atom. The molecule has 4 nitrogen and oxygen atoms in total. The fourth-order valence-corrected chi connectivity index (χ4v) is 2.74. The molecule has 5 heteroatoms. The zero-order valence-electron chi connectivity index (χ0n) is 10.6. The molecule has 1 aromatic carbocycles. The highest BCUT2D eigenvalue weighted by molar-refractivity contribution is 7.09. The third-order valence-corrected chi connectivity index (χ3v) is 3.86. The first-order valence-corrected chi connectivity index (χ1v) is 6.43. The zero-order chi connectivity index (χ0) is 13.1. The summed E-state index contributed by atoms with van der Waals surface area (Å²) in [5, 5.41) is 0. The van der Waals surface area contributed by atoms with E-state index in [-0.39, 0.29) is 6.04 Å². The lowest BCUT2D eigenvalue weighted by Gasteiger charge is -2.18. The van der Waals surface area contributed by atoms with Gasteiger partial charge in [0.1, 0.15) is 11.5 Å². The van der Waals surface area contributed by atoms with Gasteiger partial charge in [-0.15, -0.1) is 11.3 Å². The van der Waals surface area contributed by atoms with E-state index >= 15 is 0 Å². The molecule has 0 bridgehead atoms. The maximum absolute atomic E-state index is 6.32. The van der Waals surface area contributed by atoms with E-state index in [2.05, 4.69) is 4.98 Å². The van der Waals surface area contributed by atoms with Crippen LogP contribution < -0.4 is 15.2 Å². The number of thiazole rings is 1. The van der Waals surface area contributed by atoms with Crippen LogP contribution in [0.25, 0.3) is 0 Å². The number of hydrogen-bond acceptors (Lipinski definition) is 5. The van der Waals surface area contributed by atoms with Gasteiger partial charge in [-0.3, -0.25) is 0 Å². The van der Waals surface area contributed by atoms with Crippen LogP contribution in [0.4, 0.5) is 0 Å². The van der Waals surface area contributed by atoms with E-state index in [9.17, 15) is 0 Å². The topological polar surface area (TPSA) is 57.4 Å². The molecule has 2 aromatic rings. The summed E-state index contributed by atoms with van der Waals surface area (Å²) in [6.07, 6.45) is 0. The molecule has 96 valence electrons. The van der Waals surface area contributed by atoms with E-state index in [0.717, 1.165) is 27.6 Å². The summed E-state index contributed by atoms with van der Waals surface area (Å²) >= 11 is 1.54. The Balaban J connectivity index is 2.52. The van der Waals surface area contributed by atoms with Gasteiger partial charge >= 0.3 is 0 Å². The van der Waals surface area contributed by atoms with E-state index in [1.165, 1.54) is 0 Å². The number of aryl methyl sites for hydroxylation is 1. The summed E-state index contributed by atoms with van der Waals surface area (Å²) in [4.78, 5) is 5.26. The highest BCUT2D eigenvalue weighted by Crippen LogP contribution is 2.37. The lowest BCUT2D eigenvalue weighted by molar-refractivity contribution is 0.382. The van der Waals surface area contributed by atoms with Crippen LogP contribution in [0.2, 0.25) is 0 Å². The van der Waals surface area contributed by atoms with Gasteiger partial charge in [-0.1, -0.05) is 6.07 Å². The van der Waals surface area contributed by atoms with Crippen LogP contribution in [0.1, 0.15) is 22.2 Å². The van der Waals surface area contributed by atoms with E-state index in [1.54, 1.807) is 31.1 Å². The highest BCUT2D eigenvalue weighted by atomic mass is 32.1. The fourth-order valence-electron chi connectivity index (χ4n) is 1.93. The zero-order valence-corrected chi connectivity index (χ0v) is 11.5. The van der Waals surface area contributed by atoms with Crippen molar-refractivity contribution in [1.29, 1.82) is 0 Å². The molecule has 1 heterocycles. The molecule has 0 spiro atoms. The second kappa shape index (κ2) is 5.37. The minimum atomic E-state index is -0.288. The van der Waals surface area contributed by atoms with Crippen molar-refractivity contribution < 1.29 is 9.47 Å². The Morgan fingerprint density at radius 1 is 1.22 bits per heavy atom. The standard InChI is InChI=1S/C13H16N2O2S/c1-8-13(18-7-15-8)12(14)11-9(16-2)5-4-6-10(11)17-3/h4-7,12H,14H2,1-3H3. The summed E-state index contributed by atoms with van der Waals surface area (Å²) in [6.45, 7) is 1.95. The molecule has 0 aliphatic carbocycles. The number of nitrogens with zero attached hydrogens (tertiary/aromatic N) is 1. The minimum absolute atomic E-state index is 0.288. The van der Waals surface area contributed by atoms with Gasteiger partial charge in [0.25, 0.3) is 0 Å². The minimum Gasteiger partial charge on any atom is -0.496 e. The SMILES string of the molecule is COc1cccc(OC)c1C(N)c1scnc1C. The molecule has 18 heavy (non-hydrogen) atoms. The molecule has 0 saturated carbocycles. The van der Waals surface area contributed by atoms with Crippen molar-refractivity contribution >= 4 is 11.3 Å². The van der Waals surface area contributed by atoms with Crippen LogP contribution in [-0.4, -0.2) is 19.2 Å². The smallest absolute Gasteiger partial charge is 0.127 e. The van der Waals surface area contributed by atoms with Gasteiger partial charge in [-0.2, -0.15) is 0 Å². The Morgan fingerprint density at radius 3 is 2.28 bits per heavy atom. The van der Waals surface area contributed by atoms with E-state index in [4.69, 9.17) is 15.2 Å². The number of ether oxygens (including phenoxy) is 2. The summed E-state index contributed by atoms with van der Waals surface area (Å²) in [7, 11) is 3.26. The highest BCUT2D eigenvalue weighted by Gasteiger charge is 2.21. The first-order valence-electron chi connectivity index (χ1n) is 5.55. The molecular weight excluding hydrogens is 248 g/mol. The van der Waals surface area contributed by atoms with E-state index < -0.39 is 0 Å². The first-order chi connectivity index (χ1) is 8.69. The third-order valence-electron chi connectivity index (χ3n) is 2.84. The van der Waals surface area contributed by atoms with Crippen molar-refractivity contribution in [3.63, 3.8) is 0 Å². The fraction of sp³-hybridized carbons (Fsp3) is 0.308. The number of rotatable bonds is 4. The Bertz CT molecular complexity index is 517. The van der Waals surface area contributed by atoms with Crippen LogP contribution in [0.5, 0.6) is 11.5 Å². The van der Waals surface area contributed by atoms with E-state index in [0.29, 0.717) is 0 Å². The average molecular weight is 264 g/mol. The quantitative estimate of drug-likeness (QED) is 0.922. The predicted octanol–water partition coefficient (Wildman–Crippen LogP) is 2.52. The van der Waals surface area contributed by atoms with Crippen molar-refractivity contribution in [3.05, 3.63) is 39.8 Å². The summed E-state index contributed by atoms with van der Waals surface area (Å²) < 4.78 is 10.7. The van der Waals surface area contributed by atoms with Gasteiger partial charge in [-0.25, -0.2) is 4.98 Å². The van der Waals surface area contributed by atoms with Crippen LogP contribution in [0.15, 0.2) is 23.7 Å². The van der Waals surface area contributed by atoms with Crippen LogP contribution in [0.3, 0.4) is 0 Å². The molecule has 0 amide bonds. The van der Waals surface area contributed by atoms with Crippen molar-refractivity contribution in [3.8, 4) is 11.5 Å². The largest absolute Gasteiger partial charge is 0.496 e. The molecule has 0 radical (unpaired) electrons. The van der Waals surface area contributed by atoms with Crippen molar-refractivity contribution in [2.75, 3.05) is 14.2 Å². The van der Waals surface area contributed by atoms with Crippen molar-refractivity contribution in [2.45, 2.75) is 13.0 Å². The summed E-state index contributed by atoms with van der Waals surface area (Å²) in [6, 6.07) is 5.36. The molecule has 0 fully saturated rings. The number of hydrogen-bond donors (Lipinski definition) is 1. The Hall–Kier alpha value is -1.59. The molecule has 1 aromatic heterocycles. The molecule has 1 atom stereocenters. The number of nitrogens with two attached hydrogens (primary N) is 1. The van der Waals surface area contributed by atoms with Gasteiger partial charge in [0.05, 0.1) is 37.0 Å². The molecule has 2 rings (SSSR count). The second-order valence-electron chi connectivity index (χ2n) is 3.86. The number of benzene rings is 1. The van der Waals surface area contributed by atoms with Crippen molar-refractivity contribution in [2.24, 2.45) is 5.73 Å². The lowest BCUT2D eigenvalue weighted by Crippen LogP contribution is -2.14. The molecular formula is C13H16N2O2S. The van der Waals surface area contributed by atoms with E-state index in [1.807, 2.05) is 25.1 Å². The number of methoxy groups -OCH3 is 2. The summed E-state index contributed by atoms with van der Waals surface area (Å²) in [5.74, 6) is 1.46. The average Bonchev–Trinajstić information content (AvgIpc) is 2.83.